The zero-order valence-corrected chi connectivity index (χ0v) is 11.9. The third-order valence-electron chi connectivity index (χ3n) is 3.51. The van der Waals surface area contributed by atoms with Crippen LogP contribution in [-0.4, -0.2) is 36.0 Å². The number of piperidine rings is 1. The Balaban J connectivity index is 2.20. The fraction of sp³-hybridized carbons (Fsp3) is 0.538. The van der Waals surface area contributed by atoms with Crippen LogP contribution in [0.1, 0.15) is 12.8 Å². The van der Waals surface area contributed by atoms with E-state index in [0.717, 1.165) is 31.6 Å². The van der Waals surface area contributed by atoms with Crippen LogP contribution in [0.15, 0.2) is 23.6 Å². The molecular weight excluding hydrogens is 264 g/mol. The van der Waals surface area contributed by atoms with E-state index in [-0.39, 0.29) is 10.6 Å². The highest BCUT2D eigenvalue weighted by Crippen LogP contribution is 2.24. The molecule has 0 radical (unpaired) electrons. The zero-order valence-electron chi connectivity index (χ0n) is 11.1. The standard InChI is InChI=1S/C13H19ClN4O/c1-3-6-18-13(19)12(14)11(9-16-18)17-7-4-10(15-2)5-8-17/h3,9-10,15H,1,4-8H2,2H3. The highest BCUT2D eigenvalue weighted by atomic mass is 35.5. The zero-order chi connectivity index (χ0) is 13.8. The van der Waals surface area contributed by atoms with Gasteiger partial charge in [0.25, 0.3) is 5.56 Å². The molecule has 0 spiro atoms. The Morgan fingerprint density at radius 3 is 2.84 bits per heavy atom. The fourth-order valence-electron chi connectivity index (χ4n) is 2.34. The van der Waals surface area contributed by atoms with Crippen LogP contribution < -0.4 is 15.8 Å². The summed E-state index contributed by atoms with van der Waals surface area (Å²) in [7, 11) is 1.98. The van der Waals surface area contributed by atoms with Crippen molar-refractivity contribution in [3.63, 3.8) is 0 Å². The second kappa shape index (κ2) is 6.21. The van der Waals surface area contributed by atoms with Crippen LogP contribution in [0, 0.1) is 0 Å². The quantitative estimate of drug-likeness (QED) is 0.845. The molecule has 2 rings (SSSR count). The molecule has 6 heteroatoms. The summed E-state index contributed by atoms with van der Waals surface area (Å²) in [5.74, 6) is 0. The van der Waals surface area contributed by atoms with E-state index >= 15 is 0 Å². The minimum Gasteiger partial charge on any atom is -0.369 e. The molecule has 1 fully saturated rings. The largest absolute Gasteiger partial charge is 0.369 e. The number of halogens is 1. The van der Waals surface area contributed by atoms with E-state index in [4.69, 9.17) is 11.6 Å². The van der Waals surface area contributed by atoms with Gasteiger partial charge in [0.2, 0.25) is 0 Å². The Morgan fingerprint density at radius 2 is 2.26 bits per heavy atom. The first kappa shape index (κ1) is 14.1. The summed E-state index contributed by atoms with van der Waals surface area (Å²) in [6.45, 7) is 5.75. The summed E-state index contributed by atoms with van der Waals surface area (Å²) < 4.78 is 1.32. The van der Waals surface area contributed by atoms with Gasteiger partial charge in [0.1, 0.15) is 5.02 Å². The first-order chi connectivity index (χ1) is 9.17. The van der Waals surface area contributed by atoms with Crippen LogP contribution in [0.3, 0.4) is 0 Å². The van der Waals surface area contributed by atoms with Gasteiger partial charge in [0.15, 0.2) is 0 Å². The van der Waals surface area contributed by atoms with Crippen molar-refractivity contribution in [3.05, 3.63) is 34.2 Å². The van der Waals surface area contributed by atoms with Crippen LogP contribution in [-0.2, 0) is 6.54 Å². The first-order valence-corrected chi connectivity index (χ1v) is 6.84. The van der Waals surface area contributed by atoms with E-state index in [9.17, 15) is 4.79 Å². The maximum atomic E-state index is 12.0. The Bertz CT molecular complexity index is 506. The number of allylic oxidation sites excluding steroid dienone is 1. The molecule has 0 bridgehead atoms. The lowest BCUT2D eigenvalue weighted by atomic mass is 10.1. The molecule has 0 unspecified atom stereocenters. The maximum absolute atomic E-state index is 12.0. The molecule has 19 heavy (non-hydrogen) atoms. The van der Waals surface area contributed by atoms with Gasteiger partial charge in [-0.3, -0.25) is 4.79 Å². The van der Waals surface area contributed by atoms with Crippen LogP contribution in [0.5, 0.6) is 0 Å². The smallest absolute Gasteiger partial charge is 0.287 e. The van der Waals surface area contributed by atoms with Gasteiger partial charge in [-0.05, 0) is 19.9 Å². The molecule has 0 aliphatic carbocycles. The minimum atomic E-state index is -0.255. The van der Waals surface area contributed by atoms with Crippen molar-refractivity contribution >= 4 is 17.3 Å². The summed E-state index contributed by atoms with van der Waals surface area (Å²) in [5, 5.41) is 7.66. The third kappa shape index (κ3) is 2.98. The molecule has 1 aromatic heterocycles. The monoisotopic (exact) mass is 282 g/mol. The Kier molecular flexibility index (Phi) is 4.61. The predicted octanol–water partition coefficient (Wildman–Crippen LogP) is 1.27. The summed E-state index contributed by atoms with van der Waals surface area (Å²) in [6, 6.07) is 0.545. The van der Waals surface area contributed by atoms with Gasteiger partial charge in [-0.1, -0.05) is 17.7 Å². The second-order valence-corrected chi connectivity index (χ2v) is 5.05. The lowest BCUT2D eigenvalue weighted by Crippen LogP contribution is -2.42. The van der Waals surface area contributed by atoms with Crippen molar-refractivity contribution in [1.29, 1.82) is 0 Å². The fourth-order valence-corrected chi connectivity index (χ4v) is 2.60. The van der Waals surface area contributed by atoms with E-state index in [1.54, 1.807) is 12.3 Å². The van der Waals surface area contributed by atoms with Gasteiger partial charge in [0.05, 0.1) is 18.4 Å². The highest BCUT2D eigenvalue weighted by Gasteiger charge is 2.21. The highest BCUT2D eigenvalue weighted by molar-refractivity contribution is 6.33. The lowest BCUT2D eigenvalue weighted by Gasteiger charge is -2.33. The maximum Gasteiger partial charge on any atom is 0.287 e. The van der Waals surface area contributed by atoms with Crippen molar-refractivity contribution in [2.75, 3.05) is 25.0 Å². The molecule has 0 atom stereocenters. The Morgan fingerprint density at radius 1 is 1.58 bits per heavy atom. The number of nitrogens with one attached hydrogen (secondary N) is 1. The molecule has 1 aliphatic rings. The van der Waals surface area contributed by atoms with Crippen molar-refractivity contribution in [1.82, 2.24) is 15.1 Å². The number of aromatic nitrogens is 2. The van der Waals surface area contributed by atoms with Crippen molar-refractivity contribution in [2.24, 2.45) is 0 Å². The third-order valence-corrected chi connectivity index (χ3v) is 3.87. The van der Waals surface area contributed by atoms with Crippen molar-refractivity contribution in [3.8, 4) is 0 Å². The summed E-state index contributed by atoms with van der Waals surface area (Å²) in [4.78, 5) is 14.2. The minimum absolute atomic E-state index is 0.250. The molecule has 1 saturated heterocycles. The Labute approximate surface area is 117 Å². The molecule has 1 aromatic rings. The number of hydrogen-bond acceptors (Lipinski definition) is 4. The van der Waals surface area contributed by atoms with E-state index in [0.29, 0.717) is 12.6 Å². The van der Waals surface area contributed by atoms with Crippen LogP contribution in [0.25, 0.3) is 0 Å². The van der Waals surface area contributed by atoms with Gasteiger partial charge in [-0.25, -0.2) is 4.68 Å². The second-order valence-electron chi connectivity index (χ2n) is 4.67. The number of rotatable bonds is 4. The molecule has 5 nitrogen and oxygen atoms in total. The SMILES string of the molecule is C=CCn1ncc(N2CCC(NC)CC2)c(Cl)c1=O. The van der Waals surface area contributed by atoms with Crippen LogP contribution in [0.2, 0.25) is 5.02 Å². The average molecular weight is 283 g/mol. The van der Waals surface area contributed by atoms with Crippen molar-refractivity contribution in [2.45, 2.75) is 25.4 Å². The van der Waals surface area contributed by atoms with Gasteiger partial charge < -0.3 is 10.2 Å². The van der Waals surface area contributed by atoms with Gasteiger partial charge in [0, 0.05) is 19.1 Å². The Hall–Kier alpha value is -1.33. The molecule has 1 N–H and O–H groups in total. The van der Waals surface area contributed by atoms with Gasteiger partial charge in [-0.15, -0.1) is 6.58 Å². The molecule has 2 heterocycles. The molecule has 0 saturated carbocycles. The normalized spacial score (nSPS) is 16.6. The molecule has 0 aromatic carbocycles. The van der Waals surface area contributed by atoms with E-state index in [2.05, 4.69) is 21.9 Å². The molecule has 104 valence electrons. The first-order valence-electron chi connectivity index (χ1n) is 6.46. The molecular formula is C13H19ClN4O. The number of nitrogens with zero attached hydrogens (tertiary/aromatic N) is 3. The van der Waals surface area contributed by atoms with Crippen molar-refractivity contribution < 1.29 is 0 Å². The van der Waals surface area contributed by atoms with Crippen LogP contribution in [0.4, 0.5) is 5.69 Å². The topological polar surface area (TPSA) is 50.2 Å². The number of anilines is 1. The van der Waals surface area contributed by atoms with Gasteiger partial charge in [-0.2, -0.15) is 5.10 Å². The lowest BCUT2D eigenvalue weighted by molar-refractivity contribution is 0.441. The number of hydrogen-bond donors (Lipinski definition) is 1. The predicted molar refractivity (Wildman–Crippen MR) is 78.0 cm³/mol. The van der Waals surface area contributed by atoms with E-state index in [1.165, 1.54) is 4.68 Å². The summed E-state index contributed by atoms with van der Waals surface area (Å²) in [6.07, 6.45) is 5.39. The van der Waals surface area contributed by atoms with E-state index < -0.39 is 0 Å². The summed E-state index contributed by atoms with van der Waals surface area (Å²) >= 11 is 6.17. The van der Waals surface area contributed by atoms with Crippen LogP contribution >= 0.6 is 11.6 Å². The molecule has 1 aliphatic heterocycles. The van der Waals surface area contributed by atoms with E-state index in [1.807, 2.05) is 7.05 Å². The summed E-state index contributed by atoms with van der Waals surface area (Å²) in [5.41, 5.74) is 0.483. The van der Waals surface area contributed by atoms with Gasteiger partial charge >= 0.3 is 0 Å². The average Bonchev–Trinajstić information content (AvgIpc) is 2.45. The molecule has 0 amide bonds.